The first-order valence-electron chi connectivity index (χ1n) is 8.95. The van der Waals surface area contributed by atoms with Gasteiger partial charge in [0.2, 0.25) is 0 Å². The fourth-order valence-corrected chi connectivity index (χ4v) is 7.09. The van der Waals surface area contributed by atoms with Gasteiger partial charge in [-0.05, 0) is 25.1 Å². The summed E-state index contributed by atoms with van der Waals surface area (Å²) in [7, 11) is 0.382. The van der Waals surface area contributed by atoms with Crippen molar-refractivity contribution in [2.24, 2.45) is 0 Å². The first-order chi connectivity index (χ1) is 12.4. The number of hydrogen-bond acceptors (Lipinski definition) is 4. The van der Waals surface area contributed by atoms with Crippen molar-refractivity contribution < 1.29 is 14.2 Å². The minimum Gasteiger partial charge on any atom is -0.491 e. The van der Waals surface area contributed by atoms with Crippen LogP contribution in [-0.2, 0) is 20.4 Å². The van der Waals surface area contributed by atoms with E-state index in [1.165, 1.54) is 38.7 Å². The molecule has 1 aliphatic rings. The smallest absolute Gasteiger partial charge is 0.163 e. The molecule has 1 heterocycles. The highest BCUT2D eigenvalue weighted by atomic mass is 32.2. The Morgan fingerprint density at radius 2 is 1.60 bits per heavy atom. The zero-order valence-corrected chi connectivity index (χ0v) is 16.5. The molecule has 0 aliphatic carbocycles. The van der Waals surface area contributed by atoms with Crippen LogP contribution in [0.3, 0.4) is 0 Å². The number of fused-ring (bicyclic) bond motifs is 1. The summed E-state index contributed by atoms with van der Waals surface area (Å²) in [6.45, 7) is 5.15. The Hall–Kier alpha value is -0.880. The Bertz CT molecular complexity index is 656. The van der Waals surface area contributed by atoms with E-state index in [4.69, 9.17) is 14.2 Å². The van der Waals surface area contributed by atoms with Crippen molar-refractivity contribution in [2.75, 3.05) is 56.0 Å². The molecule has 0 unspecified atom stereocenters. The second-order valence-corrected chi connectivity index (χ2v) is 9.25. The van der Waals surface area contributed by atoms with E-state index in [-0.39, 0.29) is 0 Å². The minimum absolute atomic E-state index is 0.382. The lowest BCUT2D eigenvalue weighted by Crippen LogP contribution is -2.21. The van der Waals surface area contributed by atoms with Crippen LogP contribution in [0.15, 0.2) is 41.3 Å². The van der Waals surface area contributed by atoms with Crippen LogP contribution in [0, 0.1) is 0 Å². The van der Waals surface area contributed by atoms with Crippen molar-refractivity contribution in [3.8, 4) is 5.75 Å². The lowest BCUT2D eigenvalue weighted by Gasteiger charge is -2.16. The summed E-state index contributed by atoms with van der Waals surface area (Å²) in [6, 6.07) is 13.1. The van der Waals surface area contributed by atoms with Gasteiger partial charge in [-0.25, -0.2) is 0 Å². The van der Waals surface area contributed by atoms with Gasteiger partial charge in [-0.3, -0.25) is 0 Å². The molecule has 3 nitrogen and oxygen atoms in total. The SMILES string of the molecule is CCOCCOCCOc1ccc([S+]2CCSCC2)c2ccccc12. The molecule has 0 spiro atoms. The Kier molecular flexibility index (Phi) is 7.80. The predicted molar refractivity (Wildman–Crippen MR) is 109 cm³/mol. The molecule has 0 atom stereocenters. The Morgan fingerprint density at radius 3 is 2.40 bits per heavy atom. The highest BCUT2D eigenvalue weighted by Crippen LogP contribution is 2.33. The van der Waals surface area contributed by atoms with Crippen LogP contribution >= 0.6 is 11.8 Å². The van der Waals surface area contributed by atoms with Gasteiger partial charge in [-0.1, -0.05) is 18.2 Å². The minimum atomic E-state index is 0.382. The monoisotopic (exact) mass is 379 g/mol. The number of benzene rings is 2. The largest absolute Gasteiger partial charge is 0.491 e. The van der Waals surface area contributed by atoms with E-state index in [1.807, 2.05) is 6.92 Å². The third-order valence-corrected chi connectivity index (χ3v) is 8.04. The standard InChI is InChI=1S/C20H27O3S2/c1-2-21-9-10-22-11-12-23-19-7-8-20(25-15-13-24-14-16-25)18-6-4-3-5-17(18)19/h3-8H,2,9-16H2,1H3/q+1. The highest BCUT2D eigenvalue weighted by Gasteiger charge is 2.27. The van der Waals surface area contributed by atoms with Crippen molar-refractivity contribution in [1.29, 1.82) is 0 Å². The van der Waals surface area contributed by atoms with Crippen molar-refractivity contribution in [3.63, 3.8) is 0 Å². The average Bonchev–Trinajstić information content (AvgIpc) is 2.68. The van der Waals surface area contributed by atoms with Gasteiger partial charge in [0, 0.05) is 39.8 Å². The van der Waals surface area contributed by atoms with Gasteiger partial charge in [-0.2, -0.15) is 11.8 Å². The number of rotatable bonds is 9. The first kappa shape index (κ1) is 18.9. The molecular formula is C20H27O3S2+. The Morgan fingerprint density at radius 1 is 0.880 bits per heavy atom. The maximum Gasteiger partial charge on any atom is 0.163 e. The first-order valence-corrected chi connectivity index (χ1v) is 11.7. The third-order valence-electron chi connectivity index (χ3n) is 4.16. The van der Waals surface area contributed by atoms with Gasteiger partial charge in [0.1, 0.15) is 23.9 Å². The molecule has 1 saturated heterocycles. The second kappa shape index (κ2) is 10.3. The molecule has 0 bridgehead atoms. The van der Waals surface area contributed by atoms with Gasteiger partial charge in [0.15, 0.2) is 4.90 Å². The molecule has 2 aromatic rings. The molecule has 0 aromatic heterocycles. The second-order valence-electron chi connectivity index (χ2n) is 5.78. The van der Waals surface area contributed by atoms with E-state index in [0.717, 1.165) is 12.4 Å². The molecule has 0 radical (unpaired) electrons. The molecule has 3 rings (SSSR count). The fraction of sp³-hybridized carbons (Fsp3) is 0.500. The van der Waals surface area contributed by atoms with Crippen LogP contribution in [0.1, 0.15) is 6.92 Å². The van der Waals surface area contributed by atoms with Crippen molar-refractivity contribution in [3.05, 3.63) is 36.4 Å². The number of thioether (sulfide) groups is 1. The van der Waals surface area contributed by atoms with Crippen LogP contribution in [0.25, 0.3) is 10.8 Å². The Labute approximate surface area is 157 Å². The molecular weight excluding hydrogens is 352 g/mol. The van der Waals surface area contributed by atoms with Gasteiger partial charge in [0.05, 0.1) is 19.8 Å². The zero-order valence-electron chi connectivity index (χ0n) is 14.9. The third kappa shape index (κ3) is 5.30. The molecule has 0 amide bonds. The van der Waals surface area contributed by atoms with E-state index >= 15 is 0 Å². The van der Waals surface area contributed by atoms with E-state index < -0.39 is 0 Å². The molecule has 136 valence electrons. The topological polar surface area (TPSA) is 27.7 Å². The lowest BCUT2D eigenvalue weighted by molar-refractivity contribution is 0.0406. The van der Waals surface area contributed by atoms with Crippen molar-refractivity contribution >= 4 is 33.4 Å². The zero-order chi connectivity index (χ0) is 17.3. The average molecular weight is 380 g/mol. The summed E-state index contributed by atoms with van der Waals surface area (Å²) in [5.41, 5.74) is 0. The summed E-state index contributed by atoms with van der Waals surface area (Å²) < 4.78 is 16.8. The van der Waals surface area contributed by atoms with E-state index in [1.54, 1.807) is 0 Å². The molecule has 25 heavy (non-hydrogen) atoms. The van der Waals surface area contributed by atoms with Gasteiger partial charge in [0.25, 0.3) is 0 Å². The maximum atomic E-state index is 6.00. The molecule has 1 fully saturated rings. The predicted octanol–water partition coefficient (Wildman–Crippen LogP) is 4.00. The van der Waals surface area contributed by atoms with E-state index in [9.17, 15) is 0 Å². The molecule has 1 aliphatic heterocycles. The lowest BCUT2D eigenvalue weighted by atomic mass is 10.1. The molecule has 5 heteroatoms. The quantitative estimate of drug-likeness (QED) is 0.486. The summed E-state index contributed by atoms with van der Waals surface area (Å²) in [5.74, 6) is 6.15. The van der Waals surface area contributed by atoms with E-state index in [2.05, 4.69) is 48.2 Å². The van der Waals surface area contributed by atoms with Crippen LogP contribution < -0.4 is 4.74 Å². The van der Waals surface area contributed by atoms with Crippen molar-refractivity contribution in [2.45, 2.75) is 11.8 Å². The van der Waals surface area contributed by atoms with Crippen LogP contribution in [-0.4, -0.2) is 56.0 Å². The summed E-state index contributed by atoms with van der Waals surface area (Å²) >= 11 is 2.08. The Balaban J connectivity index is 1.64. The van der Waals surface area contributed by atoms with Crippen LogP contribution in [0.2, 0.25) is 0 Å². The van der Waals surface area contributed by atoms with Crippen molar-refractivity contribution in [1.82, 2.24) is 0 Å². The van der Waals surface area contributed by atoms with E-state index in [0.29, 0.717) is 37.3 Å². The summed E-state index contributed by atoms with van der Waals surface area (Å²) in [5, 5.41) is 2.58. The number of ether oxygens (including phenoxy) is 3. The van der Waals surface area contributed by atoms with Gasteiger partial charge >= 0.3 is 0 Å². The van der Waals surface area contributed by atoms with Gasteiger partial charge < -0.3 is 14.2 Å². The van der Waals surface area contributed by atoms with Gasteiger partial charge in [-0.15, -0.1) is 0 Å². The molecule has 0 saturated carbocycles. The van der Waals surface area contributed by atoms with Crippen LogP contribution in [0.4, 0.5) is 0 Å². The van der Waals surface area contributed by atoms with Crippen LogP contribution in [0.5, 0.6) is 5.75 Å². The molecule has 0 N–H and O–H groups in total. The number of hydrogen-bond donors (Lipinski definition) is 0. The fourth-order valence-electron chi connectivity index (χ4n) is 2.94. The highest BCUT2D eigenvalue weighted by molar-refractivity contribution is 8.05. The molecule has 2 aromatic carbocycles. The summed E-state index contributed by atoms with van der Waals surface area (Å²) in [4.78, 5) is 1.51. The summed E-state index contributed by atoms with van der Waals surface area (Å²) in [6.07, 6.45) is 0. The normalized spacial score (nSPS) is 15.6. The maximum absolute atomic E-state index is 6.00.